The molecule has 0 aromatic heterocycles. The predicted octanol–water partition coefficient (Wildman–Crippen LogP) is 5.28. The van der Waals surface area contributed by atoms with E-state index in [2.05, 4.69) is 34.6 Å². The van der Waals surface area contributed by atoms with Crippen molar-refractivity contribution >= 4 is 0 Å². The van der Waals surface area contributed by atoms with Gasteiger partial charge in [-0.3, -0.25) is 0 Å². The molecule has 90 valence electrons. The number of hydrogen-bond donors (Lipinski definition) is 0. The molecule has 0 bridgehead atoms. The third kappa shape index (κ3) is 3.23. The summed E-state index contributed by atoms with van der Waals surface area (Å²) in [7, 11) is 0. The van der Waals surface area contributed by atoms with E-state index < -0.39 is 0 Å². The molecule has 1 aliphatic rings. The van der Waals surface area contributed by atoms with Gasteiger partial charge in [0.05, 0.1) is 0 Å². The Morgan fingerprint density at radius 2 is 1.87 bits per heavy atom. The minimum atomic E-state index is 0.698. The summed E-state index contributed by atoms with van der Waals surface area (Å²) in [6.07, 6.45) is 8.73. The lowest BCUT2D eigenvalue weighted by Gasteiger charge is -2.38. The lowest BCUT2D eigenvalue weighted by Crippen LogP contribution is -2.28. The van der Waals surface area contributed by atoms with E-state index in [1.807, 2.05) is 0 Å². The molecular weight excluding hydrogens is 180 g/mol. The highest BCUT2D eigenvalue weighted by Gasteiger charge is 2.40. The van der Waals surface area contributed by atoms with Crippen LogP contribution < -0.4 is 0 Å². The van der Waals surface area contributed by atoms with Gasteiger partial charge in [-0.1, -0.05) is 53.9 Å². The molecule has 15 heavy (non-hydrogen) atoms. The van der Waals surface area contributed by atoms with E-state index >= 15 is 0 Å². The van der Waals surface area contributed by atoms with Crippen LogP contribution in [-0.4, -0.2) is 0 Å². The van der Waals surface area contributed by atoms with Gasteiger partial charge in [0.15, 0.2) is 0 Å². The number of rotatable bonds is 5. The second-order valence-electron chi connectivity index (χ2n) is 6.47. The molecule has 1 aliphatic carbocycles. The summed E-state index contributed by atoms with van der Waals surface area (Å²) in [4.78, 5) is 0. The van der Waals surface area contributed by atoms with Crippen LogP contribution in [0.2, 0.25) is 0 Å². The average molecular weight is 210 g/mol. The first-order chi connectivity index (χ1) is 7.00. The second kappa shape index (κ2) is 5.37. The van der Waals surface area contributed by atoms with Gasteiger partial charge in [0.1, 0.15) is 0 Å². The maximum atomic E-state index is 2.50. The van der Waals surface area contributed by atoms with Crippen LogP contribution in [0, 0.1) is 23.2 Å². The molecule has 0 aromatic rings. The summed E-state index contributed by atoms with van der Waals surface area (Å²) in [5.74, 6) is 2.76. The van der Waals surface area contributed by atoms with E-state index in [1.54, 1.807) is 0 Å². The summed E-state index contributed by atoms with van der Waals surface area (Å²) in [5, 5.41) is 0. The molecule has 1 fully saturated rings. The van der Waals surface area contributed by atoms with Gasteiger partial charge in [0, 0.05) is 0 Å². The highest BCUT2D eigenvalue weighted by molar-refractivity contribution is 4.91. The van der Waals surface area contributed by atoms with Gasteiger partial charge in [0.2, 0.25) is 0 Å². The monoisotopic (exact) mass is 210 g/mol. The quantitative estimate of drug-likeness (QED) is 0.579. The zero-order valence-corrected chi connectivity index (χ0v) is 11.5. The van der Waals surface area contributed by atoms with E-state index in [-0.39, 0.29) is 0 Å². The van der Waals surface area contributed by atoms with Crippen molar-refractivity contribution in [2.75, 3.05) is 0 Å². The molecule has 0 aliphatic heterocycles. The maximum Gasteiger partial charge on any atom is -0.0267 e. The summed E-state index contributed by atoms with van der Waals surface area (Å²) in [5.41, 5.74) is 0.698. The molecule has 0 N–H and O–H groups in total. The van der Waals surface area contributed by atoms with Crippen LogP contribution in [-0.2, 0) is 0 Å². The van der Waals surface area contributed by atoms with Crippen molar-refractivity contribution in [3.05, 3.63) is 0 Å². The van der Waals surface area contributed by atoms with Crippen molar-refractivity contribution in [3.8, 4) is 0 Å². The molecule has 0 amide bonds. The van der Waals surface area contributed by atoms with Gasteiger partial charge < -0.3 is 0 Å². The Morgan fingerprint density at radius 1 is 1.20 bits per heavy atom. The Labute approximate surface area is 96.8 Å². The molecular formula is C15H30. The topological polar surface area (TPSA) is 0 Å². The van der Waals surface area contributed by atoms with Crippen molar-refractivity contribution in [2.45, 2.75) is 73.1 Å². The zero-order valence-electron chi connectivity index (χ0n) is 11.5. The molecule has 0 spiro atoms. The Hall–Kier alpha value is 0. The smallest absolute Gasteiger partial charge is 0.0267 e. The predicted molar refractivity (Wildman–Crippen MR) is 69.0 cm³/mol. The average Bonchev–Trinajstić information content (AvgIpc) is 2.47. The molecule has 0 nitrogen and oxygen atoms in total. The van der Waals surface area contributed by atoms with Crippen molar-refractivity contribution in [1.29, 1.82) is 0 Å². The van der Waals surface area contributed by atoms with Crippen LogP contribution in [0.5, 0.6) is 0 Å². The normalized spacial score (nSPS) is 33.6. The third-order valence-electron chi connectivity index (χ3n) is 4.62. The third-order valence-corrected chi connectivity index (χ3v) is 4.62. The summed E-state index contributed by atoms with van der Waals surface area (Å²) in [6.45, 7) is 12.1. The van der Waals surface area contributed by atoms with Crippen LogP contribution in [0.3, 0.4) is 0 Å². The molecule has 0 radical (unpaired) electrons. The fourth-order valence-corrected chi connectivity index (χ4v) is 3.65. The Bertz CT molecular complexity index is 182. The molecule has 0 heterocycles. The van der Waals surface area contributed by atoms with Gasteiger partial charge in [-0.2, -0.15) is 0 Å². The minimum absolute atomic E-state index is 0.698. The van der Waals surface area contributed by atoms with Crippen molar-refractivity contribution in [2.24, 2.45) is 23.2 Å². The molecule has 3 atom stereocenters. The van der Waals surface area contributed by atoms with Crippen molar-refractivity contribution in [1.82, 2.24) is 0 Å². The van der Waals surface area contributed by atoms with Crippen LogP contribution in [0.25, 0.3) is 0 Å². The SMILES string of the molecule is CCC(C)CC1(CC(C)C)CCCC1C. The van der Waals surface area contributed by atoms with Crippen LogP contribution in [0.1, 0.15) is 73.1 Å². The standard InChI is InChI=1S/C15H30/c1-6-13(4)11-15(10-12(2)3)9-7-8-14(15)5/h12-14H,6-11H2,1-5H3. The van der Waals surface area contributed by atoms with Gasteiger partial charge in [-0.05, 0) is 42.4 Å². The van der Waals surface area contributed by atoms with Crippen molar-refractivity contribution < 1.29 is 0 Å². The summed E-state index contributed by atoms with van der Waals surface area (Å²) >= 11 is 0. The van der Waals surface area contributed by atoms with Gasteiger partial charge in [-0.25, -0.2) is 0 Å². The Morgan fingerprint density at radius 3 is 2.27 bits per heavy atom. The summed E-state index contributed by atoms with van der Waals surface area (Å²) in [6, 6.07) is 0. The van der Waals surface area contributed by atoms with E-state index in [1.165, 1.54) is 38.5 Å². The fourth-order valence-electron chi connectivity index (χ4n) is 3.65. The first-order valence-electron chi connectivity index (χ1n) is 7.00. The highest BCUT2D eigenvalue weighted by Crippen LogP contribution is 2.51. The molecule has 0 aromatic carbocycles. The van der Waals surface area contributed by atoms with Gasteiger partial charge >= 0.3 is 0 Å². The first kappa shape index (κ1) is 13.1. The lowest BCUT2D eigenvalue weighted by atomic mass is 9.68. The lowest BCUT2D eigenvalue weighted by molar-refractivity contribution is 0.126. The zero-order chi connectivity index (χ0) is 11.5. The molecule has 1 rings (SSSR count). The summed E-state index contributed by atoms with van der Waals surface area (Å²) < 4.78 is 0. The van der Waals surface area contributed by atoms with E-state index in [0.717, 1.165) is 17.8 Å². The number of hydrogen-bond acceptors (Lipinski definition) is 0. The van der Waals surface area contributed by atoms with Crippen LogP contribution in [0.4, 0.5) is 0 Å². The highest BCUT2D eigenvalue weighted by atomic mass is 14.5. The van der Waals surface area contributed by atoms with Crippen LogP contribution in [0.15, 0.2) is 0 Å². The maximum absolute atomic E-state index is 2.50. The second-order valence-corrected chi connectivity index (χ2v) is 6.47. The Balaban J connectivity index is 2.67. The Kier molecular flexibility index (Phi) is 4.67. The molecule has 0 saturated heterocycles. The molecule has 0 heteroatoms. The van der Waals surface area contributed by atoms with Gasteiger partial charge in [0.25, 0.3) is 0 Å². The van der Waals surface area contributed by atoms with Gasteiger partial charge in [-0.15, -0.1) is 0 Å². The van der Waals surface area contributed by atoms with Crippen molar-refractivity contribution in [3.63, 3.8) is 0 Å². The van der Waals surface area contributed by atoms with E-state index in [0.29, 0.717) is 5.41 Å². The minimum Gasteiger partial charge on any atom is -0.0651 e. The van der Waals surface area contributed by atoms with E-state index in [9.17, 15) is 0 Å². The molecule has 3 unspecified atom stereocenters. The largest absolute Gasteiger partial charge is 0.0651 e. The van der Waals surface area contributed by atoms with Crippen LogP contribution >= 0.6 is 0 Å². The fraction of sp³-hybridized carbons (Fsp3) is 1.00. The first-order valence-corrected chi connectivity index (χ1v) is 7.00. The molecule has 1 saturated carbocycles. The van der Waals surface area contributed by atoms with E-state index in [4.69, 9.17) is 0 Å².